The topological polar surface area (TPSA) is 12.9 Å². The standard InChI is InChI=1S/C45H27N/c1-2-9-28(10-3-1)39-27-40-44(36-14-5-4-13-35(36)39)38-15-6-7-16-41(38)46-45(40)33-21-17-29(18-22-33)34-25-23-32-20-19-30-11-8-12-31-24-26-37(34)43(32)42(30)31/h1-27H. The maximum atomic E-state index is 5.32. The van der Waals surface area contributed by atoms with E-state index < -0.39 is 0 Å². The summed E-state index contributed by atoms with van der Waals surface area (Å²) in [5.74, 6) is 0. The first-order chi connectivity index (χ1) is 22.8. The van der Waals surface area contributed by atoms with Crippen molar-refractivity contribution in [1.29, 1.82) is 0 Å². The van der Waals surface area contributed by atoms with E-state index in [2.05, 4.69) is 164 Å². The SMILES string of the molecule is c1ccc(-c2cc3c(-c4ccc(-c5ccc6ccc7cccc8ccc5c6c78)cc4)nc4ccccc4c3c3ccccc23)cc1. The van der Waals surface area contributed by atoms with E-state index in [1.54, 1.807) is 0 Å². The van der Waals surface area contributed by atoms with E-state index in [1.165, 1.54) is 81.5 Å². The van der Waals surface area contributed by atoms with Crippen molar-refractivity contribution in [3.63, 3.8) is 0 Å². The van der Waals surface area contributed by atoms with Crippen molar-refractivity contribution < 1.29 is 0 Å². The molecule has 0 aliphatic heterocycles. The number of benzene rings is 9. The summed E-state index contributed by atoms with van der Waals surface area (Å²) in [5, 5.41) is 14.0. The van der Waals surface area contributed by atoms with Crippen LogP contribution in [-0.4, -0.2) is 4.98 Å². The van der Waals surface area contributed by atoms with E-state index in [4.69, 9.17) is 4.98 Å². The summed E-state index contributed by atoms with van der Waals surface area (Å²) < 4.78 is 0. The first kappa shape index (κ1) is 25.3. The minimum Gasteiger partial charge on any atom is -0.247 e. The second-order valence-electron chi connectivity index (χ2n) is 12.3. The van der Waals surface area contributed by atoms with Crippen LogP contribution in [0, 0.1) is 0 Å². The minimum absolute atomic E-state index is 1.01. The van der Waals surface area contributed by atoms with Gasteiger partial charge in [0.15, 0.2) is 0 Å². The third-order valence-corrected chi connectivity index (χ3v) is 9.79. The molecule has 0 amide bonds. The van der Waals surface area contributed by atoms with Crippen LogP contribution in [0.1, 0.15) is 0 Å². The Morgan fingerprint density at radius 2 is 0.913 bits per heavy atom. The summed E-state index contributed by atoms with van der Waals surface area (Å²) in [6.45, 7) is 0. The molecule has 10 rings (SSSR count). The molecule has 212 valence electrons. The summed E-state index contributed by atoms with van der Waals surface area (Å²) >= 11 is 0. The number of hydrogen-bond donors (Lipinski definition) is 0. The van der Waals surface area contributed by atoms with Gasteiger partial charge in [0.25, 0.3) is 0 Å². The number of fused-ring (bicyclic) bond motifs is 5. The zero-order valence-electron chi connectivity index (χ0n) is 25.0. The van der Waals surface area contributed by atoms with Crippen LogP contribution in [0.15, 0.2) is 164 Å². The van der Waals surface area contributed by atoms with Crippen LogP contribution < -0.4 is 0 Å². The highest BCUT2D eigenvalue weighted by molar-refractivity contribution is 6.26. The fourth-order valence-electron chi connectivity index (χ4n) is 7.69. The van der Waals surface area contributed by atoms with Gasteiger partial charge in [0.05, 0.1) is 11.2 Å². The number of aromatic nitrogens is 1. The summed E-state index contributed by atoms with van der Waals surface area (Å²) in [4.78, 5) is 5.32. The van der Waals surface area contributed by atoms with Crippen molar-refractivity contribution in [3.05, 3.63) is 164 Å². The maximum Gasteiger partial charge on any atom is 0.0788 e. The average molecular weight is 582 g/mol. The van der Waals surface area contributed by atoms with E-state index in [0.717, 1.165) is 16.8 Å². The molecule has 46 heavy (non-hydrogen) atoms. The molecule has 0 saturated heterocycles. The van der Waals surface area contributed by atoms with Gasteiger partial charge in [-0.2, -0.15) is 0 Å². The second-order valence-corrected chi connectivity index (χ2v) is 12.3. The van der Waals surface area contributed by atoms with Gasteiger partial charge in [0.1, 0.15) is 0 Å². The normalized spacial score (nSPS) is 11.9. The largest absolute Gasteiger partial charge is 0.247 e. The first-order valence-corrected chi connectivity index (χ1v) is 15.9. The van der Waals surface area contributed by atoms with Gasteiger partial charge in [-0.25, -0.2) is 4.98 Å². The molecule has 9 aromatic carbocycles. The van der Waals surface area contributed by atoms with Gasteiger partial charge >= 0.3 is 0 Å². The molecule has 0 saturated carbocycles. The van der Waals surface area contributed by atoms with Gasteiger partial charge in [-0.1, -0.05) is 152 Å². The van der Waals surface area contributed by atoms with E-state index in [1.807, 2.05) is 0 Å². The molecule has 1 heteroatoms. The van der Waals surface area contributed by atoms with E-state index in [-0.39, 0.29) is 0 Å². The zero-order chi connectivity index (χ0) is 30.2. The molecule has 1 nitrogen and oxygen atoms in total. The molecule has 0 N–H and O–H groups in total. The number of para-hydroxylation sites is 1. The predicted molar refractivity (Wildman–Crippen MR) is 197 cm³/mol. The van der Waals surface area contributed by atoms with Crippen LogP contribution in [0.5, 0.6) is 0 Å². The van der Waals surface area contributed by atoms with Gasteiger partial charge in [-0.05, 0) is 77.5 Å². The van der Waals surface area contributed by atoms with Gasteiger partial charge in [-0.15, -0.1) is 0 Å². The quantitative estimate of drug-likeness (QED) is 0.189. The molecule has 10 aromatic rings. The van der Waals surface area contributed by atoms with E-state index in [0.29, 0.717) is 0 Å². The Balaban J connectivity index is 1.21. The minimum atomic E-state index is 1.01. The first-order valence-electron chi connectivity index (χ1n) is 15.9. The molecular formula is C45H27N. The van der Waals surface area contributed by atoms with Gasteiger partial charge in [0.2, 0.25) is 0 Å². The van der Waals surface area contributed by atoms with Crippen molar-refractivity contribution in [2.24, 2.45) is 0 Å². The lowest BCUT2D eigenvalue weighted by atomic mass is 9.88. The highest BCUT2D eigenvalue weighted by atomic mass is 14.7. The molecular weight excluding hydrogens is 555 g/mol. The molecule has 0 bridgehead atoms. The lowest BCUT2D eigenvalue weighted by molar-refractivity contribution is 1.43. The summed E-state index contributed by atoms with van der Waals surface area (Å²) in [6.07, 6.45) is 0. The molecule has 0 aliphatic rings. The smallest absolute Gasteiger partial charge is 0.0788 e. The highest BCUT2D eigenvalue weighted by Crippen LogP contribution is 2.43. The summed E-state index contributed by atoms with van der Waals surface area (Å²) in [7, 11) is 0. The Hall–Kier alpha value is -6.05. The molecule has 0 unspecified atom stereocenters. The average Bonchev–Trinajstić information content (AvgIpc) is 3.13. The lowest BCUT2D eigenvalue weighted by Gasteiger charge is -2.17. The van der Waals surface area contributed by atoms with Crippen LogP contribution in [-0.2, 0) is 0 Å². The Morgan fingerprint density at radius 1 is 0.304 bits per heavy atom. The van der Waals surface area contributed by atoms with Crippen LogP contribution in [0.25, 0.3) is 98.3 Å². The predicted octanol–water partition coefficient (Wildman–Crippen LogP) is 12.4. The number of rotatable bonds is 3. The Labute approximate surface area is 266 Å². The third-order valence-electron chi connectivity index (χ3n) is 9.79. The molecule has 0 atom stereocenters. The second kappa shape index (κ2) is 9.72. The van der Waals surface area contributed by atoms with Crippen molar-refractivity contribution in [2.45, 2.75) is 0 Å². The van der Waals surface area contributed by atoms with E-state index >= 15 is 0 Å². The molecule has 0 fully saturated rings. The van der Waals surface area contributed by atoms with Gasteiger partial charge in [0, 0.05) is 21.7 Å². The number of nitrogens with zero attached hydrogens (tertiary/aromatic N) is 1. The lowest BCUT2D eigenvalue weighted by Crippen LogP contribution is -1.93. The van der Waals surface area contributed by atoms with Crippen LogP contribution in [0.4, 0.5) is 0 Å². The monoisotopic (exact) mass is 581 g/mol. The van der Waals surface area contributed by atoms with Crippen molar-refractivity contribution >= 4 is 64.8 Å². The fraction of sp³-hybridized carbons (Fsp3) is 0. The molecule has 0 radical (unpaired) electrons. The summed E-state index contributed by atoms with van der Waals surface area (Å²) in [6, 6.07) is 59.6. The number of hydrogen-bond acceptors (Lipinski definition) is 1. The Bertz CT molecular complexity index is 2760. The van der Waals surface area contributed by atoms with E-state index in [9.17, 15) is 0 Å². The zero-order valence-corrected chi connectivity index (χ0v) is 25.0. The maximum absolute atomic E-state index is 5.32. The fourth-order valence-corrected chi connectivity index (χ4v) is 7.69. The van der Waals surface area contributed by atoms with Crippen molar-refractivity contribution in [3.8, 4) is 33.5 Å². The number of pyridine rings is 1. The highest BCUT2D eigenvalue weighted by Gasteiger charge is 2.17. The molecule has 0 spiro atoms. The Morgan fingerprint density at radius 3 is 1.72 bits per heavy atom. The molecule has 1 aromatic heterocycles. The van der Waals surface area contributed by atoms with Gasteiger partial charge in [-0.3, -0.25) is 0 Å². The van der Waals surface area contributed by atoms with Gasteiger partial charge < -0.3 is 0 Å². The van der Waals surface area contributed by atoms with Crippen LogP contribution in [0.2, 0.25) is 0 Å². The Kier molecular flexibility index (Phi) is 5.35. The summed E-state index contributed by atoms with van der Waals surface area (Å²) in [5.41, 5.74) is 8.05. The molecule has 0 aliphatic carbocycles. The van der Waals surface area contributed by atoms with Crippen LogP contribution in [0.3, 0.4) is 0 Å². The third kappa shape index (κ3) is 3.66. The van der Waals surface area contributed by atoms with Crippen molar-refractivity contribution in [1.82, 2.24) is 4.98 Å². The van der Waals surface area contributed by atoms with Crippen LogP contribution >= 0.6 is 0 Å². The molecule has 1 heterocycles. The van der Waals surface area contributed by atoms with Crippen molar-refractivity contribution in [2.75, 3.05) is 0 Å².